The molecule has 3 aromatic carbocycles. The van der Waals surface area contributed by atoms with E-state index < -0.39 is 7.92 Å². The molecule has 0 amide bonds. The summed E-state index contributed by atoms with van der Waals surface area (Å²) >= 11 is -0.106. The quantitative estimate of drug-likeness (QED) is 0.215. The molecule has 0 saturated heterocycles. The predicted octanol–water partition coefficient (Wildman–Crippen LogP) is 6.94. The molecule has 40 heavy (non-hydrogen) atoms. The Morgan fingerprint density at radius 1 is 0.650 bits per heavy atom. The van der Waals surface area contributed by atoms with Crippen molar-refractivity contribution in [3.8, 4) is 0 Å². The van der Waals surface area contributed by atoms with Crippen molar-refractivity contribution in [1.82, 2.24) is 0 Å². The summed E-state index contributed by atoms with van der Waals surface area (Å²) in [4.78, 5) is 10.1. The normalized spacial score (nSPS) is 19.6. The molecule has 2 aliphatic rings. The summed E-state index contributed by atoms with van der Waals surface area (Å²) in [6, 6.07) is 28.4. The first-order chi connectivity index (χ1) is 19.0. The zero-order valence-corrected chi connectivity index (χ0v) is 27.9. The van der Waals surface area contributed by atoms with Crippen molar-refractivity contribution < 1.29 is 25.4 Å². The number of hydrogen-bond donors (Lipinski definition) is 0. The summed E-state index contributed by atoms with van der Waals surface area (Å²) in [5.41, 5.74) is 2.28. The van der Waals surface area contributed by atoms with Crippen LogP contribution in [0.25, 0.3) is 0 Å². The molecule has 0 fully saturated rings. The van der Waals surface area contributed by atoms with Crippen LogP contribution in [0.4, 0.5) is 0 Å². The summed E-state index contributed by atoms with van der Waals surface area (Å²) in [5, 5.41) is 3.85. The Labute approximate surface area is 256 Å². The van der Waals surface area contributed by atoms with Crippen LogP contribution < -0.4 is 15.9 Å². The van der Waals surface area contributed by atoms with Crippen LogP contribution in [0.5, 0.6) is 0 Å². The molecule has 2 aliphatic heterocycles. The van der Waals surface area contributed by atoms with Crippen molar-refractivity contribution >= 4 is 54.7 Å². The van der Waals surface area contributed by atoms with E-state index in [4.69, 9.17) is 38.5 Å². The molecule has 2 unspecified atom stereocenters. The van der Waals surface area contributed by atoms with E-state index in [1.165, 1.54) is 15.9 Å². The average Bonchev–Trinajstić information content (AvgIpc) is 3.62. The molecule has 216 valence electrons. The third-order valence-electron chi connectivity index (χ3n) is 7.22. The molecule has 0 radical (unpaired) electrons. The average molecular weight is 691 g/mol. The second-order valence-electron chi connectivity index (χ2n) is 12.1. The third-order valence-corrected chi connectivity index (χ3v) is 10.1. The van der Waals surface area contributed by atoms with Crippen LogP contribution in [-0.2, 0) is 25.4 Å². The Morgan fingerprint density at radius 3 is 1.40 bits per heavy atom. The van der Waals surface area contributed by atoms with E-state index in [1.54, 1.807) is 0 Å². The van der Waals surface area contributed by atoms with Crippen molar-refractivity contribution in [3.05, 3.63) is 90.0 Å². The van der Waals surface area contributed by atoms with Gasteiger partial charge in [0, 0.05) is 0 Å². The summed E-state index contributed by atoms with van der Waals surface area (Å²) in [6.07, 6.45) is 0. The molecule has 5 rings (SSSR count). The van der Waals surface area contributed by atoms with Crippen molar-refractivity contribution in [3.63, 3.8) is 0 Å². The van der Waals surface area contributed by atoms with Gasteiger partial charge in [-0.1, -0.05) is 84.0 Å². The molecular formula is C32H38Cl2N2O2PPd+. The molecule has 3 aromatic rings. The minimum atomic E-state index is -1.44. The van der Waals surface area contributed by atoms with Gasteiger partial charge in [-0.05, 0) is 47.2 Å². The molecule has 0 bridgehead atoms. The predicted molar refractivity (Wildman–Crippen MR) is 170 cm³/mol. The second kappa shape index (κ2) is 13.5. The molecule has 0 aliphatic carbocycles. The van der Waals surface area contributed by atoms with Crippen LogP contribution in [0.1, 0.15) is 52.7 Å². The number of benzene rings is 3. The number of aliphatic imine (C=N–C) groups is 2. The fraction of sp³-hybridized carbons (Fsp3) is 0.375. The van der Waals surface area contributed by atoms with E-state index in [0.29, 0.717) is 13.2 Å². The van der Waals surface area contributed by atoms with Gasteiger partial charge in [0.15, 0.2) is 0 Å². The zero-order chi connectivity index (χ0) is 28.9. The molecule has 2 heterocycles. The van der Waals surface area contributed by atoms with Gasteiger partial charge in [-0.2, -0.15) is 0 Å². The summed E-state index contributed by atoms with van der Waals surface area (Å²) in [5.74, 6) is 1.52. The first-order valence-corrected chi connectivity index (χ1v) is 18.9. The van der Waals surface area contributed by atoms with Crippen LogP contribution >= 0.6 is 27.0 Å². The monoisotopic (exact) mass is 689 g/mol. The van der Waals surface area contributed by atoms with Crippen LogP contribution in [-0.4, -0.2) is 37.1 Å². The minimum absolute atomic E-state index is 0.0536. The van der Waals surface area contributed by atoms with Gasteiger partial charge in [-0.15, -0.1) is 0 Å². The van der Waals surface area contributed by atoms with E-state index in [1.807, 2.05) is 0 Å². The summed E-state index contributed by atoms with van der Waals surface area (Å²) < 4.78 is 12.5. The van der Waals surface area contributed by atoms with Gasteiger partial charge < -0.3 is 9.47 Å². The Bertz CT molecular complexity index is 1270. The number of nitrogens with zero attached hydrogens (tertiary/aromatic N) is 2. The Balaban J connectivity index is 0.00000118. The molecular weight excluding hydrogens is 653 g/mol. The first-order valence-electron chi connectivity index (χ1n) is 13.4. The fourth-order valence-corrected chi connectivity index (χ4v) is 7.65. The maximum atomic E-state index is 6.24. The molecule has 0 N–H and O–H groups in total. The van der Waals surface area contributed by atoms with Gasteiger partial charge in [0.05, 0.1) is 23.2 Å². The maximum absolute atomic E-state index is 6.24. The van der Waals surface area contributed by atoms with Crippen LogP contribution in [0, 0.1) is 10.8 Å². The first kappa shape index (κ1) is 31.2. The van der Waals surface area contributed by atoms with Gasteiger partial charge in [-0.3, -0.25) is 0 Å². The van der Waals surface area contributed by atoms with Gasteiger partial charge in [0.25, 0.3) is 0 Å². The van der Waals surface area contributed by atoms with Gasteiger partial charge in [-0.25, -0.2) is 9.98 Å². The molecule has 2 atom stereocenters. The standard InChI is InChI=1S/C32H37N2O2P.2ClH.Pd/c1-31(2,3)27-20-35-29(33-27)23-16-10-12-18-25(23)37(22-14-8-7-9-15-22)26-19-13-11-17-24(26)30-34-28(21-36-30)32(4,5)6;;;/h7-19,27-28H,20-21H2,1-6H3;2*1H;/q;;;+2/p-1. The van der Waals surface area contributed by atoms with Crippen LogP contribution in [0.2, 0.25) is 0 Å². The SMILES string of the molecule is CC(C)(C)C1COC(c2ccccc2[PH+](c2ccccc2)c2ccccc2C2=NC(C(C)(C)C)CO2)=N1.[Cl][Pd][Cl]. The summed E-state index contributed by atoms with van der Waals surface area (Å²) in [6.45, 7) is 14.6. The number of halogens is 2. The van der Waals surface area contributed by atoms with Crippen molar-refractivity contribution in [1.29, 1.82) is 0 Å². The number of ether oxygens (including phenoxy) is 2. The topological polar surface area (TPSA) is 43.2 Å². The fourth-order valence-electron chi connectivity index (χ4n) is 4.77. The van der Waals surface area contributed by atoms with E-state index >= 15 is 0 Å². The van der Waals surface area contributed by atoms with Crippen molar-refractivity contribution in [2.75, 3.05) is 13.2 Å². The van der Waals surface area contributed by atoms with Crippen LogP contribution in [0.3, 0.4) is 0 Å². The Morgan fingerprint density at radius 2 is 1.02 bits per heavy atom. The number of hydrogen-bond acceptors (Lipinski definition) is 4. The van der Waals surface area contributed by atoms with E-state index in [9.17, 15) is 0 Å². The second-order valence-corrected chi connectivity index (χ2v) is 16.9. The van der Waals surface area contributed by atoms with Crippen molar-refractivity contribution in [2.45, 2.75) is 53.6 Å². The van der Waals surface area contributed by atoms with Gasteiger partial charge in [0.1, 0.15) is 37.0 Å². The molecule has 0 saturated carbocycles. The van der Waals surface area contributed by atoms with Crippen molar-refractivity contribution in [2.24, 2.45) is 20.8 Å². The molecule has 0 spiro atoms. The van der Waals surface area contributed by atoms with Crippen LogP contribution in [0.15, 0.2) is 88.8 Å². The Hall–Kier alpha value is -1.73. The van der Waals surface area contributed by atoms with Gasteiger partial charge >= 0.3 is 35.0 Å². The molecule has 4 nitrogen and oxygen atoms in total. The van der Waals surface area contributed by atoms with E-state index in [2.05, 4.69) is 120 Å². The van der Waals surface area contributed by atoms with Gasteiger partial charge in [0.2, 0.25) is 11.8 Å². The third kappa shape index (κ3) is 7.37. The van der Waals surface area contributed by atoms with E-state index in [-0.39, 0.29) is 38.9 Å². The Kier molecular flexibility index (Phi) is 10.5. The number of rotatable bonds is 5. The van der Waals surface area contributed by atoms with E-state index in [0.717, 1.165) is 22.9 Å². The zero-order valence-electron chi connectivity index (χ0n) is 23.9. The molecule has 0 aromatic heterocycles. The molecule has 8 heteroatoms. The summed E-state index contributed by atoms with van der Waals surface area (Å²) in [7, 11) is 8.19.